The maximum atomic E-state index is 13.3. The molecule has 0 unspecified atom stereocenters. The fraction of sp³-hybridized carbons (Fsp3) is 0.564. The first-order valence-corrected chi connectivity index (χ1v) is 20.7. The van der Waals surface area contributed by atoms with Crippen molar-refractivity contribution in [3.63, 3.8) is 0 Å². The van der Waals surface area contributed by atoms with E-state index in [0.717, 1.165) is 15.4 Å². The van der Waals surface area contributed by atoms with E-state index in [-0.39, 0.29) is 71.9 Å². The first kappa shape index (κ1) is 58.5. The van der Waals surface area contributed by atoms with Crippen molar-refractivity contribution in [1.82, 2.24) is 40.0 Å². The number of aliphatic carboxylic acids is 8. The number of amides is 2. The molecule has 1 rings (SSSR count). The predicted molar refractivity (Wildman–Crippen MR) is 234 cm³/mol. The molecular weight excluding hydrogens is 915 g/mol. The Labute approximate surface area is 388 Å². The molecule has 0 aliphatic heterocycles. The van der Waals surface area contributed by atoms with Crippen molar-refractivity contribution in [2.75, 3.05) is 131 Å². The number of aliphatic imine (C=N–C) groups is 1. The summed E-state index contributed by atoms with van der Waals surface area (Å²) in [4.78, 5) is 129. The molecular formula is C39H57N9O18S. The Bertz CT molecular complexity index is 1770. The molecule has 67 heavy (non-hydrogen) atoms. The highest BCUT2D eigenvalue weighted by Gasteiger charge is 2.23. The van der Waals surface area contributed by atoms with Crippen LogP contribution in [0.1, 0.15) is 5.56 Å². The SMILES string of the molecule is O=C(O)CN(CCN(CC(=O)O)CC(=O)O)CCN(CC(=O)O)CC(=O)NCC(CNC(=O)CN(CCN(CCN(CC(=O)O)CC(=O)O)CC(=O)O)CC(=O)O)Cc1ccc(N=C=S)cc1. The van der Waals surface area contributed by atoms with Crippen molar-refractivity contribution in [1.29, 1.82) is 0 Å². The summed E-state index contributed by atoms with van der Waals surface area (Å²) in [5.74, 6) is -12.2. The lowest BCUT2D eigenvalue weighted by Crippen LogP contribution is -2.48. The molecule has 0 heterocycles. The van der Waals surface area contributed by atoms with Gasteiger partial charge in [0.25, 0.3) is 0 Å². The van der Waals surface area contributed by atoms with E-state index < -0.39 is 131 Å². The van der Waals surface area contributed by atoms with Crippen molar-refractivity contribution >= 4 is 82.6 Å². The Morgan fingerprint density at radius 1 is 0.433 bits per heavy atom. The second-order valence-electron chi connectivity index (χ2n) is 15.1. The molecule has 0 fully saturated rings. The normalized spacial score (nSPS) is 11.3. The molecule has 0 aliphatic carbocycles. The number of nitrogens with one attached hydrogen (secondary N) is 2. The number of rotatable bonds is 39. The molecule has 0 atom stereocenters. The molecule has 27 nitrogen and oxygen atoms in total. The minimum absolute atomic E-state index is 0.0717. The highest BCUT2D eigenvalue weighted by atomic mass is 32.1. The van der Waals surface area contributed by atoms with E-state index in [9.17, 15) is 68.4 Å². The smallest absolute Gasteiger partial charge is 0.317 e. The third-order valence-corrected chi connectivity index (χ3v) is 9.44. The topological polar surface area (TPSA) is 388 Å². The maximum Gasteiger partial charge on any atom is 0.317 e. The van der Waals surface area contributed by atoms with Gasteiger partial charge in [-0.15, -0.1) is 0 Å². The molecule has 372 valence electrons. The van der Waals surface area contributed by atoms with Crippen LogP contribution in [0.2, 0.25) is 0 Å². The number of benzene rings is 1. The number of carbonyl (C=O) groups is 10. The van der Waals surface area contributed by atoms with Crippen LogP contribution in [-0.2, 0) is 54.4 Å². The lowest BCUT2D eigenvalue weighted by atomic mass is 9.98. The zero-order valence-corrected chi connectivity index (χ0v) is 37.3. The molecule has 0 saturated carbocycles. The third kappa shape index (κ3) is 30.3. The van der Waals surface area contributed by atoms with Gasteiger partial charge in [0.2, 0.25) is 11.8 Å². The lowest BCUT2D eigenvalue weighted by molar-refractivity contribution is -0.144. The van der Waals surface area contributed by atoms with Crippen molar-refractivity contribution in [3.05, 3.63) is 29.8 Å². The van der Waals surface area contributed by atoms with Gasteiger partial charge in [0.15, 0.2) is 0 Å². The number of thiocarbonyl (C=S) groups is 1. The molecule has 1 aromatic rings. The second kappa shape index (κ2) is 32.2. The van der Waals surface area contributed by atoms with Crippen LogP contribution in [0.15, 0.2) is 29.3 Å². The van der Waals surface area contributed by atoms with Crippen LogP contribution in [-0.4, -0.2) is 266 Å². The molecule has 10 N–H and O–H groups in total. The summed E-state index contributed by atoms with van der Waals surface area (Å²) >= 11 is 4.65. The van der Waals surface area contributed by atoms with Gasteiger partial charge in [-0.1, -0.05) is 12.1 Å². The van der Waals surface area contributed by atoms with Crippen LogP contribution in [0.25, 0.3) is 0 Å². The number of carboxylic acids is 8. The average Bonchev–Trinajstić information content (AvgIpc) is 3.19. The summed E-state index contributed by atoms with van der Waals surface area (Å²) in [6.07, 6.45) is 0.260. The average molecular weight is 972 g/mol. The van der Waals surface area contributed by atoms with Gasteiger partial charge in [0.1, 0.15) is 0 Å². The molecule has 0 saturated heterocycles. The minimum atomic E-state index is -1.31. The molecule has 0 spiro atoms. The van der Waals surface area contributed by atoms with Gasteiger partial charge >= 0.3 is 47.8 Å². The van der Waals surface area contributed by atoms with Crippen molar-refractivity contribution in [2.45, 2.75) is 6.42 Å². The zero-order valence-electron chi connectivity index (χ0n) is 36.4. The maximum absolute atomic E-state index is 13.3. The molecule has 28 heteroatoms. The summed E-state index contributed by atoms with van der Waals surface area (Å²) in [6, 6.07) is 6.76. The zero-order chi connectivity index (χ0) is 50.5. The Morgan fingerprint density at radius 2 is 0.687 bits per heavy atom. The first-order valence-electron chi connectivity index (χ1n) is 20.3. The van der Waals surface area contributed by atoms with E-state index >= 15 is 0 Å². The van der Waals surface area contributed by atoms with Crippen LogP contribution < -0.4 is 10.6 Å². The van der Waals surface area contributed by atoms with E-state index in [0.29, 0.717) is 5.69 Å². The molecule has 0 bridgehead atoms. The molecule has 0 radical (unpaired) electrons. The van der Waals surface area contributed by atoms with Gasteiger partial charge < -0.3 is 51.5 Å². The molecule has 1 aromatic carbocycles. The van der Waals surface area contributed by atoms with E-state index in [1.807, 2.05) is 0 Å². The highest BCUT2D eigenvalue weighted by Crippen LogP contribution is 2.15. The van der Waals surface area contributed by atoms with Crippen molar-refractivity contribution < 1.29 is 88.8 Å². The van der Waals surface area contributed by atoms with Gasteiger partial charge in [-0.05, 0) is 42.3 Å². The number of carboxylic acid groups (broad SMARTS) is 8. The van der Waals surface area contributed by atoms with E-state index in [1.54, 1.807) is 24.3 Å². The van der Waals surface area contributed by atoms with Crippen LogP contribution in [0.4, 0.5) is 5.69 Å². The number of carbonyl (C=O) groups excluding carboxylic acids is 2. The monoisotopic (exact) mass is 971 g/mol. The van der Waals surface area contributed by atoms with Gasteiger partial charge in [-0.3, -0.25) is 77.3 Å². The fourth-order valence-electron chi connectivity index (χ4n) is 6.40. The summed E-state index contributed by atoms with van der Waals surface area (Å²) in [5.41, 5.74) is 1.25. The second-order valence-corrected chi connectivity index (χ2v) is 15.3. The van der Waals surface area contributed by atoms with Crippen LogP contribution in [0.5, 0.6) is 0 Å². The summed E-state index contributed by atoms with van der Waals surface area (Å²) in [7, 11) is 0. The summed E-state index contributed by atoms with van der Waals surface area (Å²) < 4.78 is 0. The number of hydrogen-bond acceptors (Lipinski definition) is 18. The quantitative estimate of drug-likeness (QED) is 0.0224. The predicted octanol–water partition coefficient (Wildman–Crippen LogP) is -3.70. The van der Waals surface area contributed by atoms with Gasteiger partial charge in [0.05, 0.1) is 76.3 Å². The van der Waals surface area contributed by atoms with E-state index in [4.69, 9.17) is 20.4 Å². The standard InChI is InChI=1S/C39H57N9O18S/c49-30(16-45(20-34(55)56)9-5-43(18-32(51)52)7-11-47(22-36(59)60)23-37(61)62)40-14-28(13-27-1-3-29(4-2-27)42-26-67)15-41-31(50)17-46(21-35(57)58)10-6-44(19-33(53)54)8-12-48(24-38(63)64)25-39(65)66/h1-4,28H,5-25H2,(H,40,49)(H,41,50)(H,51,52)(H,53,54)(H,55,56)(H,57,58)(H,59,60)(H,61,62)(H,63,64)(H,65,66). The van der Waals surface area contributed by atoms with E-state index in [2.05, 4.69) is 33.0 Å². The molecule has 0 aliphatic rings. The largest absolute Gasteiger partial charge is 0.480 e. The van der Waals surface area contributed by atoms with Crippen LogP contribution in [0.3, 0.4) is 0 Å². The number of hydrogen-bond donors (Lipinski definition) is 10. The third-order valence-electron chi connectivity index (χ3n) is 9.35. The minimum Gasteiger partial charge on any atom is -0.480 e. The van der Waals surface area contributed by atoms with Gasteiger partial charge in [-0.25, -0.2) is 0 Å². The summed E-state index contributed by atoms with van der Waals surface area (Å²) in [6.45, 7) is -7.00. The number of isothiocyanates is 1. The Hall–Kier alpha value is -6.52. The molecule has 2 amide bonds. The van der Waals surface area contributed by atoms with E-state index in [1.165, 1.54) is 19.6 Å². The Kier molecular flexibility index (Phi) is 28.1. The Balaban J connectivity index is 3.12. The highest BCUT2D eigenvalue weighted by molar-refractivity contribution is 7.78. The van der Waals surface area contributed by atoms with Crippen molar-refractivity contribution in [3.8, 4) is 0 Å². The lowest BCUT2D eigenvalue weighted by Gasteiger charge is -2.28. The van der Waals surface area contributed by atoms with Gasteiger partial charge in [-0.2, -0.15) is 4.99 Å². The number of nitrogens with zero attached hydrogens (tertiary/aromatic N) is 7. The first-order chi connectivity index (χ1) is 31.5. The van der Waals surface area contributed by atoms with Gasteiger partial charge in [0, 0.05) is 65.4 Å². The Morgan fingerprint density at radius 3 is 0.955 bits per heavy atom. The summed E-state index contributed by atoms with van der Waals surface area (Å²) in [5, 5.41) is 82.2. The van der Waals surface area contributed by atoms with Crippen LogP contribution in [0, 0.1) is 5.92 Å². The molecule has 0 aromatic heterocycles. The van der Waals surface area contributed by atoms with Crippen LogP contribution >= 0.6 is 12.2 Å². The fourth-order valence-corrected chi connectivity index (χ4v) is 6.51. The van der Waals surface area contributed by atoms with Crippen molar-refractivity contribution in [2.24, 2.45) is 10.9 Å².